The lowest BCUT2D eigenvalue weighted by atomic mass is 9.73. The number of hydrogen-bond acceptors (Lipinski definition) is 3. The molecule has 2 atom stereocenters. The molecule has 0 saturated carbocycles. The van der Waals surface area contributed by atoms with Crippen LogP contribution in [0, 0.1) is 5.41 Å². The molecule has 76 valence electrons. The SMILES string of the molecule is CC1=CC2OC(=O)CC2(C(=O)Cl)CC1. The van der Waals surface area contributed by atoms with E-state index in [-0.39, 0.29) is 12.4 Å². The van der Waals surface area contributed by atoms with Crippen LogP contribution in [0.15, 0.2) is 11.6 Å². The Morgan fingerprint density at radius 2 is 2.43 bits per heavy atom. The Bertz CT molecular complexity index is 334. The van der Waals surface area contributed by atoms with Crippen LogP contribution in [-0.4, -0.2) is 17.3 Å². The topological polar surface area (TPSA) is 43.4 Å². The molecule has 3 nitrogen and oxygen atoms in total. The van der Waals surface area contributed by atoms with Gasteiger partial charge >= 0.3 is 5.97 Å². The van der Waals surface area contributed by atoms with Gasteiger partial charge in [-0.05, 0) is 37.4 Å². The normalized spacial score (nSPS) is 36.0. The van der Waals surface area contributed by atoms with Crippen molar-refractivity contribution >= 4 is 22.8 Å². The van der Waals surface area contributed by atoms with Gasteiger partial charge in [0.2, 0.25) is 5.24 Å². The zero-order valence-corrected chi connectivity index (χ0v) is 8.63. The molecule has 4 heteroatoms. The van der Waals surface area contributed by atoms with E-state index < -0.39 is 16.8 Å². The van der Waals surface area contributed by atoms with Crippen LogP contribution < -0.4 is 0 Å². The van der Waals surface area contributed by atoms with Crippen LogP contribution in [0.25, 0.3) is 0 Å². The molecular weight excluding hydrogens is 204 g/mol. The Balaban J connectivity index is 2.39. The number of carbonyl (C=O) groups excluding carboxylic acids is 2. The third-order valence-corrected chi connectivity index (χ3v) is 3.43. The van der Waals surface area contributed by atoms with Crippen LogP contribution in [0.1, 0.15) is 26.2 Å². The standard InChI is InChI=1S/C10H11ClO3/c1-6-2-3-10(9(11)13)5-8(12)14-7(10)4-6/h4,7H,2-3,5H2,1H3. The summed E-state index contributed by atoms with van der Waals surface area (Å²) in [4.78, 5) is 22.5. The second kappa shape index (κ2) is 3.09. The van der Waals surface area contributed by atoms with Crippen molar-refractivity contribution < 1.29 is 14.3 Å². The maximum absolute atomic E-state index is 11.4. The van der Waals surface area contributed by atoms with E-state index in [0.717, 1.165) is 12.0 Å². The average molecular weight is 215 g/mol. The Morgan fingerprint density at radius 1 is 1.71 bits per heavy atom. The van der Waals surface area contributed by atoms with Gasteiger partial charge in [-0.2, -0.15) is 0 Å². The Hall–Kier alpha value is -0.830. The van der Waals surface area contributed by atoms with E-state index in [1.165, 1.54) is 0 Å². The van der Waals surface area contributed by atoms with Crippen LogP contribution in [0.2, 0.25) is 0 Å². The second-order valence-corrected chi connectivity index (χ2v) is 4.37. The van der Waals surface area contributed by atoms with Crippen molar-refractivity contribution in [2.24, 2.45) is 5.41 Å². The molecule has 0 radical (unpaired) electrons. The summed E-state index contributed by atoms with van der Waals surface area (Å²) in [5.74, 6) is -0.324. The van der Waals surface area contributed by atoms with Crippen molar-refractivity contribution in [3.63, 3.8) is 0 Å². The number of esters is 1. The minimum atomic E-state index is -0.780. The molecule has 0 aromatic heterocycles. The first-order valence-electron chi connectivity index (χ1n) is 4.61. The van der Waals surface area contributed by atoms with Gasteiger partial charge in [0, 0.05) is 0 Å². The molecule has 2 rings (SSSR count). The lowest BCUT2D eigenvalue weighted by Crippen LogP contribution is -2.37. The number of carbonyl (C=O) groups is 2. The van der Waals surface area contributed by atoms with E-state index in [0.29, 0.717) is 6.42 Å². The maximum Gasteiger partial charge on any atom is 0.307 e. The Labute approximate surface area is 87.1 Å². The second-order valence-electron chi connectivity index (χ2n) is 4.03. The third-order valence-electron chi connectivity index (χ3n) is 3.06. The molecular formula is C10H11ClO3. The predicted molar refractivity (Wildman–Crippen MR) is 50.8 cm³/mol. The Morgan fingerprint density at radius 3 is 3.07 bits per heavy atom. The first-order valence-corrected chi connectivity index (χ1v) is 4.99. The van der Waals surface area contributed by atoms with Gasteiger partial charge in [0.15, 0.2) is 0 Å². The molecule has 0 N–H and O–H groups in total. The summed E-state index contributed by atoms with van der Waals surface area (Å²) < 4.78 is 5.08. The summed E-state index contributed by atoms with van der Waals surface area (Å²) >= 11 is 5.56. The highest BCUT2D eigenvalue weighted by atomic mass is 35.5. The first kappa shape index (κ1) is 9.71. The smallest absolute Gasteiger partial charge is 0.307 e. The van der Waals surface area contributed by atoms with Gasteiger partial charge < -0.3 is 4.74 Å². The van der Waals surface area contributed by atoms with E-state index in [4.69, 9.17) is 16.3 Å². The zero-order valence-electron chi connectivity index (χ0n) is 7.88. The number of allylic oxidation sites excluding steroid dienone is 1. The molecule has 14 heavy (non-hydrogen) atoms. The van der Waals surface area contributed by atoms with Crippen LogP contribution in [0.4, 0.5) is 0 Å². The van der Waals surface area contributed by atoms with Crippen molar-refractivity contribution in [2.75, 3.05) is 0 Å². The molecule has 0 spiro atoms. The summed E-state index contributed by atoms with van der Waals surface area (Å²) in [7, 11) is 0. The highest BCUT2D eigenvalue weighted by molar-refractivity contribution is 6.65. The van der Waals surface area contributed by atoms with Crippen LogP contribution in [0.5, 0.6) is 0 Å². The predicted octanol–water partition coefficient (Wildman–Crippen LogP) is 1.79. The molecule has 0 aromatic rings. The van der Waals surface area contributed by atoms with Crippen LogP contribution in [-0.2, 0) is 14.3 Å². The van der Waals surface area contributed by atoms with E-state index >= 15 is 0 Å². The van der Waals surface area contributed by atoms with Gasteiger partial charge in [0.1, 0.15) is 6.10 Å². The summed E-state index contributed by atoms with van der Waals surface area (Å²) in [6.07, 6.45) is 2.96. The quantitative estimate of drug-likeness (QED) is 0.380. The fourth-order valence-electron chi connectivity index (χ4n) is 2.12. The summed E-state index contributed by atoms with van der Waals surface area (Å²) in [6, 6.07) is 0. The van der Waals surface area contributed by atoms with Gasteiger partial charge in [-0.15, -0.1) is 0 Å². The molecule has 2 unspecified atom stereocenters. The number of fused-ring (bicyclic) bond motifs is 1. The molecule has 1 heterocycles. The highest BCUT2D eigenvalue weighted by Gasteiger charge is 2.54. The largest absolute Gasteiger partial charge is 0.457 e. The summed E-state index contributed by atoms with van der Waals surface area (Å²) in [6.45, 7) is 1.97. The van der Waals surface area contributed by atoms with Crippen molar-refractivity contribution in [1.29, 1.82) is 0 Å². The number of rotatable bonds is 1. The van der Waals surface area contributed by atoms with E-state index in [2.05, 4.69) is 0 Å². The molecule has 0 bridgehead atoms. The van der Waals surface area contributed by atoms with E-state index in [1.807, 2.05) is 13.0 Å². The molecule has 0 aromatic carbocycles. The van der Waals surface area contributed by atoms with Gasteiger partial charge in [0.05, 0.1) is 11.8 Å². The summed E-state index contributed by atoms with van der Waals surface area (Å²) in [5.41, 5.74) is 0.372. The summed E-state index contributed by atoms with van der Waals surface area (Å²) in [5, 5.41) is -0.447. The average Bonchev–Trinajstić information content (AvgIpc) is 2.41. The van der Waals surface area contributed by atoms with Crippen LogP contribution >= 0.6 is 11.6 Å². The van der Waals surface area contributed by atoms with Gasteiger partial charge in [0.25, 0.3) is 0 Å². The number of halogens is 1. The molecule has 1 saturated heterocycles. The van der Waals surface area contributed by atoms with Gasteiger partial charge in [-0.1, -0.05) is 5.57 Å². The highest BCUT2D eigenvalue weighted by Crippen LogP contribution is 2.46. The maximum atomic E-state index is 11.4. The molecule has 1 aliphatic heterocycles. The molecule has 1 fully saturated rings. The zero-order chi connectivity index (χ0) is 10.3. The Kier molecular flexibility index (Phi) is 2.14. The lowest BCUT2D eigenvalue weighted by molar-refractivity contribution is -0.140. The van der Waals surface area contributed by atoms with Crippen molar-refractivity contribution in [3.8, 4) is 0 Å². The third kappa shape index (κ3) is 1.27. The van der Waals surface area contributed by atoms with Crippen LogP contribution in [0.3, 0.4) is 0 Å². The van der Waals surface area contributed by atoms with Gasteiger partial charge in [-0.3, -0.25) is 9.59 Å². The molecule has 1 aliphatic carbocycles. The van der Waals surface area contributed by atoms with Crippen molar-refractivity contribution in [3.05, 3.63) is 11.6 Å². The number of ether oxygens (including phenoxy) is 1. The first-order chi connectivity index (χ1) is 6.54. The minimum absolute atomic E-state index is 0.129. The van der Waals surface area contributed by atoms with E-state index in [9.17, 15) is 9.59 Å². The monoisotopic (exact) mass is 214 g/mol. The molecule has 2 aliphatic rings. The van der Waals surface area contributed by atoms with E-state index in [1.54, 1.807) is 0 Å². The van der Waals surface area contributed by atoms with Crippen molar-refractivity contribution in [1.82, 2.24) is 0 Å². The van der Waals surface area contributed by atoms with Gasteiger partial charge in [-0.25, -0.2) is 0 Å². The number of hydrogen-bond donors (Lipinski definition) is 0. The molecule has 0 amide bonds. The lowest BCUT2D eigenvalue weighted by Gasteiger charge is -2.31. The fourth-order valence-corrected chi connectivity index (χ4v) is 2.39. The minimum Gasteiger partial charge on any atom is -0.457 e. The fraction of sp³-hybridized carbons (Fsp3) is 0.600. The van der Waals surface area contributed by atoms with Crippen molar-refractivity contribution in [2.45, 2.75) is 32.3 Å².